The van der Waals surface area contributed by atoms with Crippen molar-refractivity contribution >= 4 is 0 Å². The zero-order chi connectivity index (χ0) is 12.5. The monoisotopic (exact) mass is 250 g/mol. The van der Waals surface area contributed by atoms with Gasteiger partial charge in [0.05, 0.1) is 0 Å². The first-order valence-corrected chi connectivity index (χ1v) is 8.21. The average Bonchev–Trinajstić information content (AvgIpc) is 2.82. The molecule has 2 heteroatoms. The van der Waals surface area contributed by atoms with E-state index >= 15 is 0 Å². The fourth-order valence-corrected chi connectivity index (χ4v) is 4.52. The minimum atomic E-state index is 0.818. The molecule has 3 aliphatic rings. The molecular weight excluding hydrogens is 220 g/mol. The van der Waals surface area contributed by atoms with Crippen molar-refractivity contribution in [1.29, 1.82) is 0 Å². The van der Waals surface area contributed by atoms with Gasteiger partial charge in [0.1, 0.15) is 0 Å². The van der Waals surface area contributed by atoms with E-state index in [1.165, 1.54) is 58.2 Å². The first kappa shape index (κ1) is 12.9. The van der Waals surface area contributed by atoms with E-state index in [0.29, 0.717) is 0 Å². The zero-order valence-electron chi connectivity index (χ0n) is 12.2. The van der Waals surface area contributed by atoms with Gasteiger partial charge in [-0.2, -0.15) is 0 Å². The molecule has 1 aliphatic carbocycles. The van der Waals surface area contributed by atoms with Crippen molar-refractivity contribution in [2.45, 2.75) is 64.5 Å². The van der Waals surface area contributed by atoms with E-state index in [1.54, 1.807) is 0 Å². The molecule has 3 rings (SSSR count). The maximum atomic E-state index is 3.74. The van der Waals surface area contributed by atoms with Gasteiger partial charge in [-0.3, -0.25) is 4.90 Å². The molecule has 0 radical (unpaired) electrons. The predicted molar refractivity (Wildman–Crippen MR) is 76.7 cm³/mol. The Kier molecular flexibility index (Phi) is 3.95. The molecule has 0 bridgehead atoms. The topological polar surface area (TPSA) is 15.3 Å². The Morgan fingerprint density at radius 3 is 2.72 bits per heavy atom. The van der Waals surface area contributed by atoms with Crippen molar-refractivity contribution in [3.05, 3.63) is 0 Å². The molecule has 1 N–H and O–H groups in total. The van der Waals surface area contributed by atoms with Crippen LogP contribution in [0.3, 0.4) is 0 Å². The van der Waals surface area contributed by atoms with Gasteiger partial charge in [0, 0.05) is 25.2 Å². The summed E-state index contributed by atoms with van der Waals surface area (Å²) >= 11 is 0. The lowest BCUT2D eigenvalue weighted by Crippen LogP contribution is -2.42. The summed E-state index contributed by atoms with van der Waals surface area (Å²) in [6.45, 7) is 8.80. The van der Waals surface area contributed by atoms with Crippen LogP contribution in [-0.4, -0.2) is 36.6 Å². The van der Waals surface area contributed by atoms with Gasteiger partial charge < -0.3 is 5.32 Å². The minimum Gasteiger partial charge on any atom is -0.312 e. The highest BCUT2D eigenvalue weighted by Crippen LogP contribution is 2.35. The second-order valence-corrected chi connectivity index (χ2v) is 7.24. The molecule has 4 unspecified atom stereocenters. The van der Waals surface area contributed by atoms with Crippen LogP contribution in [-0.2, 0) is 0 Å². The van der Waals surface area contributed by atoms with Gasteiger partial charge in [-0.05, 0) is 50.0 Å². The third kappa shape index (κ3) is 2.60. The van der Waals surface area contributed by atoms with Crippen molar-refractivity contribution in [2.75, 3.05) is 19.6 Å². The molecule has 1 saturated carbocycles. The average molecular weight is 250 g/mol. The van der Waals surface area contributed by atoms with Crippen molar-refractivity contribution in [1.82, 2.24) is 10.2 Å². The molecule has 18 heavy (non-hydrogen) atoms. The Bertz CT molecular complexity index is 262. The predicted octanol–water partition coefficient (Wildman–Crippen LogP) is 2.89. The molecule has 2 nitrogen and oxygen atoms in total. The van der Waals surface area contributed by atoms with Crippen LogP contribution in [0.5, 0.6) is 0 Å². The zero-order valence-corrected chi connectivity index (χ0v) is 12.2. The van der Waals surface area contributed by atoms with E-state index in [4.69, 9.17) is 0 Å². The van der Waals surface area contributed by atoms with E-state index in [2.05, 4.69) is 24.1 Å². The minimum absolute atomic E-state index is 0.818. The smallest absolute Gasteiger partial charge is 0.0235 e. The number of fused-ring (bicyclic) bond motifs is 1. The molecule has 0 aromatic heterocycles. The van der Waals surface area contributed by atoms with E-state index in [9.17, 15) is 0 Å². The molecule has 0 spiro atoms. The molecule has 104 valence electrons. The number of hydrogen-bond acceptors (Lipinski definition) is 2. The van der Waals surface area contributed by atoms with Gasteiger partial charge >= 0.3 is 0 Å². The Hall–Kier alpha value is -0.0800. The fourth-order valence-electron chi connectivity index (χ4n) is 4.52. The summed E-state index contributed by atoms with van der Waals surface area (Å²) in [5, 5.41) is 3.74. The maximum absolute atomic E-state index is 3.74. The van der Waals surface area contributed by atoms with Crippen LogP contribution in [0.15, 0.2) is 0 Å². The van der Waals surface area contributed by atoms with Crippen LogP contribution in [0.4, 0.5) is 0 Å². The first-order valence-electron chi connectivity index (χ1n) is 8.21. The molecule has 0 aromatic rings. The number of nitrogens with zero attached hydrogens (tertiary/aromatic N) is 1. The molecule has 2 heterocycles. The Morgan fingerprint density at radius 2 is 1.94 bits per heavy atom. The van der Waals surface area contributed by atoms with Gasteiger partial charge in [-0.25, -0.2) is 0 Å². The lowest BCUT2D eigenvalue weighted by Gasteiger charge is -2.37. The highest BCUT2D eigenvalue weighted by molar-refractivity contribution is 4.95. The van der Waals surface area contributed by atoms with Crippen LogP contribution in [0.25, 0.3) is 0 Å². The lowest BCUT2D eigenvalue weighted by atomic mass is 9.79. The van der Waals surface area contributed by atoms with Crippen molar-refractivity contribution < 1.29 is 0 Å². The maximum Gasteiger partial charge on any atom is 0.0235 e. The first-order chi connectivity index (χ1) is 8.74. The summed E-state index contributed by atoms with van der Waals surface area (Å²) in [5.74, 6) is 2.83. The van der Waals surface area contributed by atoms with Crippen molar-refractivity contribution in [2.24, 2.45) is 17.8 Å². The van der Waals surface area contributed by atoms with Crippen LogP contribution >= 0.6 is 0 Å². The standard InChI is InChI=1S/C16H30N2/c1-12(2)13-5-3-7-15(9-13)18-10-14-6-4-8-17-16(14)11-18/h12-17H,3-11H2,1-2H3. The Morgan fingerprint density at radius 1 is 1.06 bits per heavy atom. The fraction of sp³-hybridized carbons (Fsp3) is 1.00. The van der Waals surface area contributed by atoms with E-state index in [0.717, 1.165) is 29.8 Å². The van der Waals surface area contributed by atoms with Gasteiger partial charge in [-0.1, -0.05) is 26.7 Å². The molecule has 4 atom stereocenters. The van der Waals surface area contributed by atoms with Crippen LogP contribution < -0.4 is 5.32 Å². The molecular formula is C16H30N2. The van der Waals surface area contributed by atoms with Gasteiger partial charge in [0.2, 0.25) is 0 Å². The number of likely N-dealkylation sites (tertiary alicyclic amines) is 1. The second kappa shape index (κ2) is 5.50. The summed E-state index contributed by atoms with van der Waals surface area (Å²) in [7, 11) is 0. The van der Waals surface area contributed by atoms with Gasteiger partial charge in [0.25, 0.3) is 0 Å². The van der Waals surface area contributed by atoms with Crippen molar-refractivity contribution in [3.8, 4) is 0 Å². The van der Waals surface area contributed by atoms with E-state index in [1.807, 2.05) is 0 Å². The molecule has 3 fully saturated rings. The Balaban J connectivity index is 1.58. The Labute approximate surface area is 113 Å². The van der Waals surface area contributed by atoms with Crippen LogP contribution in [0, 0.1) is 17.8 Å². The third-order valence-electron chi connectivity index (χ3n) is 5.77. The van der Waals surface area contributed by atoms with Gasteiger partial charge in [0.15, 0.2) is 0 Å². The number of rotatable bonds is 2. The third-order valence-corrected chi connectivity index (χ3v) is 5.77. The summed E-state index contributed by atoms with van der Waals surface area (Å²) in [6, 6.07) is 1.72. The van der Waals surface area contributed by atoms with Crippen LogP contribution in [0.2, 0.25) is 0 Å². The molecule has 0 amide bonds. The highest BCUT2D eigenvalue weighted by atomic mass is 15.2. The summed E-state index contributed by atoms with van der Waals surface area (Å²) in [5.41, 5.74) is 0. The number of piperidine rings is 1. The van der Waals surface area contributed by atoms with E-state index < -0.39 is 0 Å². The van der Waals surface area contributed by atoms with E-state index in [-0.39, 0.29) is 0 Å². The number of nitrogens with one attached hydrogen (secondary N) is 1. The molecule has 2 aliphatic heterocycles. The lowest BCUT2D eigenvalue weighted by molar-refractivity contribution is 0.131. The largest absolute Gasteiger partial charge is 0.312 e. The molecule has 0 aromatic carbocycles. The SMILES string of the molecule is CC(C)C1CCCC(N2CC3CCCNC3C2)C1. The van der Waals surface area contributed by atoms with Crippen LogP contribution in [0.1, 0.15) is 52.4 Å². The quantitative estimate of drug-likeness (QED) is 0.811. The normalized spacial score (nSPS) is 42.2. The van der Waals surface area contributed by atoms with Gasteiger partial charge in [-0.15, -0.1) is 0 Å². The summed E-state index contributed by atoms with van der Waals surface area (Å²) < 4.78 is 0. The number of hydrogen-bond donors (Lipinski definition) is 1. The second-order valence-electron chi connectivity index (χ2n) is 7.24. The van der Waals surface area contributed by atoms with Crippen molar-refractivity contribution in [3.63, 3.8) is 0 Å². The summed E-state index contributed by atoms with van der Waals surface area (Å²) in [6.07, 6.45) is 8.74. The highest BCUT2D eigenvalue weighted by Gasteiger charge is 2.38. The summed E-state index contributed by atoms with van der Waals surface area (Å²) in [4.78, 5) is 2.84. The molecule has 2 saturated heterocycles.